The minimum atomic E-state index is 0.475. The molecule has 0 saturated heterocycles. The summed E-state index contributed by atoms with van der Waals surface area (Å²) in [5, 5.41) is 0.475. The molecule has 0 N–H and O–H groups in total. The van der Waals surface area contributed by atoms with Crippen LogP contribution in [0.4, 0.5) is 0 Å². The molecule has 0 bridgehead atoms. The molecule has 1 heteroatoms. The molecule has 0 heterocycles. The van der Waals surface area contributed by atoms with Gasteiger partial charge in [-0.2, -0.15) is 0 Å². The lowest BCUT2D eigenvalue weighted by molar-refractivity contribution is 0.507. The standard InChI is InChI=1S/C8H15Cl/c1-7-4-2-3-5-8(9)6-7/h7-8H,2-6H2,1H3. The van der Waals surface area contributed by atoms with Crippen molar-refractivity contribution in [1.82, 2.24) is 0 Å². The molecule has 0 amide bonds. The SMILES string of the molecule is CC1CCCCC(Cl)C1. The topological polar surface area (TPSA) is 0 Å². The van der Waals surface area contributed by atoms with Crippen molar-refractivity contribution >= 4 is 11.6 Å². The van der Waals surface area contributed by atoms with Crippen molar-refractivity contribution < 1.29 is 0 Å². The van der Waals surface area contributed by atoms with Crippen molar-refractivity contribution in [2.45, 2.75) is 44.4 Å². The van der Waals surface area contributed by atoms with Crippen molar-refractivity contribution in [1.29, 1.82) is 0 Å². The maximum atomic E-state index is 6.02. The smallest absolute Gasteiger partial charge is 0.0338 e. The number of rotatable bonds is 0. The molecule has 0 spiro atoms. The third kappa shape index (κ3) is 2.57. The maximum absolute atomic E-state index is 6.02. The van der Waals surface area contributed by atoms with Crippen LogP contribution in [-0.2, 0) is 0 Å². The molecule has 0 aromatic rings. The zero-order valence-electron chi connectivity index (χ0n) is 6.07. The molecule has 1 rings (SSSR count). The van der Waals surface area contributed by atoms with Crippen LogP contribution in [0.1, 0.15) is 39.0 Å². The van der Waals surface area contributed by atoms with Crippen LogP contribution in [-0.4, -0.2) is 5.38 Å². The lowest BCUT2D eigenvalue weighted by Crippen LogP contribution is -2.00. The molecule has 0 aromatic carbocycles. The molecule has 2 unspecified atom stereocenters. The lowest BCUT2D eigenvalue weighted by Gasteiger charge is -2.08. The minimum absolute atomic E-state index is 0.475. The van der Waals surface area contributed by atoms with Crippen molar-refractivity contribution in [3.8, 4) is 0 Å². The predicted octanol–water partition coefficient (Wildman–Crippen LogP) is 3.19. The van der Waals surface area contributed by atoms with Gasteiger partial charge < -0.3 is 0 Å². The zero-order chi connectivity index (χ0) is 6.69. The second-order valence-electron chi connectivity index (χ2n) is 3.22. The molecular weight excluding hydrogens is 132 g/mol. The average Bonchev–Trinajstić information content (AvgIpc) is 1.93. The predicted molar refractivity (Wildman–Crippen MR) is 41.9 cm³/mol. The van der Waals surface area contributed by atoms with E-state index in [1.54, 1.807) is 0 Å². The van der Waals surface area contributed by atoms with Crippen LogP contribution in [0, 0.1) is 5.92 Å². The third-order valence-corrected chi connectivity index (χ3v) is 2.52. The van der Waals surface area contributed by atoms with Crippen LogP contribution >= 0.6 is 11.6 Å². The van der Waals surface area contributed by atoms with Gasteiger partial charge in [0, 0.05) is 5.38 Å². The molecule has 1 saturated carbocycles. The Bertz CT molecular complexity index is 70.6. The molecule has 0 aliphatic heterocycles. The normalized spacial score (nSPS) is 38.0. The highest BCUT2D eigenvalue weighted by molar-refractivity contribution is 6.20. The monoisotopic (exact) mass is 146 g/mol. The molecule has 0 aromatic heterocycles. The molecule has 0 nitrogen and oxygen atoms in total. The van der Waals surface area contributed by atoms with Crippen LogP contribution in [0.3, 0.4) is 0 Å². The van der Waals surface area contributed by atoms with Gasteiger partial charge in [0.15, 0.2) is 0 Å². The van der Waals surface area contributed by atoms with Crippen LogP contribution in [0.15, 0.2) is 0 Å². The van der Waals surface area contributed by atoms with E-state index in [2.05, 4.69) is 6.92 Å². The Morgan fingerprint density at radius 3 is 2.67 bits per heavy atom. The van der Waals surface area contributed by atoms with E-state index in [-0.39, 0.29) is 0 Å². The summed E-state index contributed by atoms with van der Waals surface area (Å²) < 4.78 is 0. The van der Waals surface area contributed by atoms with Crippen LogP contribution < -0.4 is 0 Å². The first-order valence-electron chi connectivity index (χ1n) is 3.93. The summed E-state index contributed by atoms with van der Waals surface area (Å²) in [7, 11) is 0. The Morgan fingerprint density at radius 1 is 1.22 bits per heavy atom. The largest absolute Gasteiger partial charge is 0.123 e. The lowest BCUT2D eigenvalue weighted by atomic mass is 10.0. The van der Waals surface area contributed by atoms with Crippen molar-refractivity contribution in [2.24, 2.45) is 5.92 Å². The van der Waals surface area contributed by atoms with Crippen molar-refractivity contribution in [3.63, 3.8) is 0 Å². The molecule has 54 valence electrons. The van der Waals surface area contributed by atoms with Crippen molar-refractivity contribution in [2.75, 3.05) is 0 Å². The molecule has 1 aliphatic rings. The fourth-order valence-corrected chi connectivity index (χ4v) is 1.99. The Morgan fingerprint density at radius 2 is 1.89 bits per heavy atom. The van der Waals surface area contributed by atoms with E-state index in [1.165, 1.54) is 32.1 Å². The Hall–Kier alpha value is 0.290. The van der Waals surface area contributed by atoms with Gasteiger partial charge in [-0.05, 0) is 18.8 Å². The number of alkyl halides is 1. The first-order valence-corrected chi connectivity index (χ1v) is 4.36. The van der Waals surface area contributed by atoms with E-state index < -0.39 is 0 Å². The Balaban J connectivity index is 2.29. The summed E-state index contributed by atoms with van der Waals surface area (Å²) in [5.41, 5.74) is 0. The van der Waals surface area contributed by atoms with Gasteiger partial charge in [-0.1, -0.05) is 26.2 Å². The van der Waals surface area contributed by atoms with Gasteiger partial charge in [0.1, 0.15) is 0 Å². The highest BCUT2D eigenvalue weighted by Gasteiger charge is 2.13. The van der Waals surface area contributed by atoms with E-state index in [9.17, 15) is 0 Å². The van der Waals surface area contributed by atoms with Gasteiger partial charge >= 0.3 is 0 Å². The summed E-state index contributed by atoms with van der Waals surface area (Å²) in [5.74, 6) is 0.870. The molecule has 2 atom stereocenters. The van der Waals surface area contributed by atoms with Gasteiger partial charge in [-0.15, -0.1) is 11.6 Å². The van der Waals surface area contributed by atoms with Gasteiger partial charge in [0.05, 0.1) is 0 Å². The summed E-state index contributed by atoms with van der Waals surface area (Å²) in [6, 6.07) is 0. The summed E-state index contributed by atoms with van der Waals surface area (Å²) in [6.45, 7) is 2.31. The summed E-state index contributed by atoms with van der Waals surface area (Å²) in [4.78, 5) is 0. The van der Waals surface area contributed by atoms with E-state index in [0.29, 0.717) is 5.38 Å². The number of hydrogen-bond acceptors (Lipinski definition) is 0. The highest BCUT2D eigenvalue weighted by Crippen LogP contribution is 2.25. The number of halogens is 1. The molecule has 0 radical (unpaired) electrons. The van der Waals surface area contributed by atoms with E-state index in [1.807, 2.05) is 0 Å². The van der Waals surface area contributed by atoms with Gasteiger partial charge in [0.2, 0.25) is 0 Å². The first kappa shape index (κ1) is 7.40. The number of hydrogen-bond donors (Lipinski definition) is 0. The zero-order valence-corrected chi connectivity index (χ0v) is 6.82. The van der Waals surface area contributed by atoms with Crippen LogP contribution in [0.5, 0.6) is 0 Å². The second-order valence-corrected chi connectivity index (χ2v) is 3.84. The first-order chi connectivity index (χ1) is 4.29. The van der Waals surface area contributed by atoms with Gasteiger partial charge in [0.25, 0.3) is 0 Å². The molecular formula is C8H15Cl. The fourth-order valence-electron chi connectivity index (χ4n) is 1.53. The molecule has 1 fully saturated rings. The van der Waals surface area contributed by atoms with E-state index >= 15 is 0 Å². The van der Waals surface area contributed by atoms with Gasteiger partial charge in [-0.3, -0.25) is 0 Å². The second kappa shape index (κ2) is 3.46. The van der Waals surface area contributed by atoms with E-state index in [0.717, 1.165) is 5.92 Å². The quantitative estimate of drug-likeness (QED) is 0.364. The van der Waals surface area contributed by atoms with Crippen LogP contribution in [0.2, 0.25) is 0 Å². The molecule has 1 aliphatic carbocycles. The fraction of sp³-hybridized carbons (Fsp3) is 1.00. The summed E-state index contributed by atoms with van der Waals surface area (Å²) in [6.07, 6.45) is 6.61. The van der Waals surface area contributed by atoms with E-state index in [4.69, 9.17) is 11.6 Å². The van der Waals surface area contributed by atoms with Crippen LogP contribution in [0.25, 0.3) is 0 Å². The molecule has 9 heavy (non-hydrogen) atoms. The highest BCUT2D eigenvalue weighted by atomic mass is 35.5. The average molecular weight is 147 g/mol. The Labute approximate surface area is 62.6 Å². The third-order valence-electron chi connectivity index (χ3n) is 2.12. The summed E-state index contributed by atoms with van der Waals surface area (Å²) >= 11 is 6.02. The van der Waals surface area contributed by atoms with Crippen molar-refractivity contribution in [3.05, 3.63) is 0 Å². The Kier molecular flexibility index (Phi) is 2.84. The maximum Gasteiger partial charge on any atom is 0.0338 e. The van der Waals surface area contributed by atoms with Gasteiger partial charge in [-0.25, -0.2) is 0 Å². The minimum Gasteiger partial charge on any atom is -0.123 e.